The van der Waals surface area contributed by atoms with Gasteiger partial charge in [0.05, 0.1) is 29.7 Å². The highest BCUT2D eigenvalue weighted by molar-refractivity contribution is 5.95. The Morgan fingerprint density at radius 3 is 2.61 bits per heavy atom. The summed E-state index contributed by atoms with van der Waals surface area (Å²) in [7, 11) is 0. The molecule has 0 aromatic carbocycles. The van der Waals surface area contributed by atoms with Crippen LogP contribution in [0.1, 0.15) is 25.6 Å². The Balaban J connectivity index is 3.13. The Hall–Kier alpha value is -1.72. The smallest absolute Gasteiger partial charge is 0.161 e. The minimum atomic E-state index is -0.513. The van der Waals surface area contributed by atoms with Crippen LogP contribution in [0.15, 0.2) is 35.7 Å². The van der Waals surface area contributed by atoms with Crippen molar-refractivity contribution in [3.8, 4) is 0 Å². The molecule has 0 radical (unpaired) electrons. The van der Waals surface area contributed by atoms with Gasteiger partial charge in [0.1, 0.15) is 0 Å². The first-order chi connectivity index (χ1) is 8.57. The first kappa shape index (κ1) is 14.3. The second-order valence-corrected chi connectivity index (χ2v) is 3.92. The Morgan fingerprint density at radius 1 is 1.44 bits per heavy atom. The molecule has 1 heterocycles. The Bertz CT molecular complexity index is 425. The SMILES string of the molecule is CC(=O)C(=C(C)O)[C@@H](NCCO)c1ccccn1. The second kappa shape index (κ2) is 6.88. The first-order valence-electron chi connectivity index (χ1n) is 5.73. The van der Waals surface area contributed by atoms with Gasteiger partial charge in [-0.3, -0.25) is 9.78 Å². The summed E-state index contributed by atoms with van der Waals surface area (Å²) in [4.78, 5) is 15.8. The fourth-order valence-corrected chi connectivity index (χ4v) is 1.78. The molecule has 5 nitrogen and oxygen atoms in total. The third-order valence-corrected chi connectivity index (χ3v) is 2.50. The summed E-state index contributed by atoms with van der Waals surface area (Å²) in [6, 6.07) is 4.83. The zero-order valence-electron chi connectivity index (χ0n) is 10.6. The van der Waals surface area contributed by atoms with Gasteiger partial charge in [-0.05, 0) is 26.0 Å². The van der Waals surface area contributed by atoms with Crippen molar-refractivity contribution in [1.82, 2.24) is 10.3 Å². The number of carbonyl (C=O) groups excluding carboxylic acids is 1. The predicted octanol–water partition coefficient (Wildman–Crippen LogP) is 1.13. The lowest BCUT2D eigenvalue weighted by atomic mass is 9.98. The molecule has 0 saturated heterocycles. The molecule has 0 fully saturated rings. The molecule has 0 saturated carbocycles. The summed E-state index contributed by atoms with van der Waals surface area (Å²) in [6.45, 7) is 3.11. The molecular weight excluding hydrogens is 232 g/mol. The number of Topliss-reactive ketones (excluding diaryl/α,β-unsaturated/α-hetero) is 1. The standard InChI is InChI=1S/C13H18N2O3/c1-9(17)12(10(2)18)13(15-7-8-16)11-5-3-4-6-14-11/h3-6,13,15-17H,7-8H2,1-2H3/t13-/m0/s1. The van der Waals surface area contributed by atoms with Crippen molar-refractivity contribution in [3.63, 3.8) is 0 Å². The lowest BCUT2D eigenvalue weighted by Gasteiger charge is -2.20. The normalized spacial score (nSPS) is 13.9. The monoisotopic (exact) mass is 250 g/mol. The molecule has 0 aliphatic rings. The van der Waals surface area contributed by atoms with Crippen LogP contribution in [0.25, 0.3) is 0 Å². The van der Waals surface area contributed by atoms with E-state index < -0.39 is 6.04 Å². The summed E-state index contributed by atoms with van der Waals surface area (Å²) >= 11 is 0. The van der Waals surface area contributed by atoms with Gasteiger partial charge in [0.15, 0.2) is 5.78 Å². The molecule has 1 aromatic rings. The molecule has 0 amide bonds. The molecule has 0 spiro atoms. The summed E-state index contributed by atoms with van der Waals surface area (Å²) in [5.74, 6) is -0.264. The van der Waals surface area contributed by atoms with Crippen LogP contribution < -0.4 is 5.32 Å². The zero-order chi connectivity index (χ0) is 13.5. The average molecular weight is 250 g/mol. The van der Waals surface area contributed by atoms with E-state index in [9.17, 15) is 9.90 Å². The average Bonchev–Trinajstić information content (AvgIpc) is 2.34. The van der Waals surface area contributed by atoms with Gasteiger partial charge in [-0.25, -0.2) is 0 Å². The minimum Gasteiger partial charge on any atom is -0.512 e. The number of nitrogens with zero attached hydrogens (tertiary/aromatic N) is 1. The number of aliphatic hydroxyl groups excluding tert-OH is 2. The summed E-state index contributed by atoms with van der Waals surface area (Å²) in [5, 5.41) is 21.5. The molecule has 98 valence electrons. The van der Waals surface area contributed by atoms with E-state index in [1.165, 1.54) is 13.8 Å². The number of aliphatic hydroxyl groups is 2. The van der Waals surface area contributed by atoms with Crippen molar-refractivity contribution in [2.45, 2.75) is 19.9 Å². The largest absolute Gasteiger partial charge is 0.512 e. The molecule has 0 aliphatic heterocycles. The number of allylic oxidation sites excluding steroid dienone is 1. The van der Waals surface area contributed by atoms with E-state index in [-0.39, 0.29) is 23.7 Å². The maximum absolute atomic E-state index is 11.6. The number of rotatable bonds is 6. The van der Waals surface area contributed by atoms with E-state index in [4.69, 9.17) is 5.11 Å². The van der Waals surface area contributed by atoms with E-state index in [1.54, 1.807) is 24.4 Å². The molecule has 1 rings (SSSR count). The maximum Gasteiger partial charge on any atom is 0.161 e. The van der Waals surface area contributed by atoms with Crippen molar-refractivity contribution < 1.29 is 15.0 Å². The quantitative estimate of drug-likeness (QED) is 0.520. The van der Waals surface area contributed by atoms with Crippen molar-refractivity contribution in [2.75, 3.05) is 13.2 Å². The van der Waals surface area contributed by atoms with E-state index >= 15 is 0 Å². The number of ketones is 1. The van der Waals surface area contributed by atoms with Gasteiger partial charge in [-0.15, -0.1) is 0 Å². The van der Waals surface area contributed by atoms with Crippen LogP contribution in [0.2, 0.25) is 0 Å². The van der Waals surface area contributed by atoms with Gasteiger partial charge in [0, 0.05) is 12.7 Å². The van der Waals surface area contributed by atoms with Crippen LogP contribution in [-0.4, -0.2) is 34.1 Å². The van der Waals surface area contributed by atoms with Gasteiger partial charge < -0.3 is 15.5 Å². The summed E-state index contributed by atoms with van der Waals surface area (Å²) < 4.78 is 0. The number of carbonyl (C=O) groups is 1. The molecule has 5 heteroatoms. The highest BCUT2D eigenvalue weighted by Gasteiger charge is 2.23. The second-order valence-electron chi connectivity index (χ2n) is 3.92. The van der Waals surface area contributed by atoms with E-state index in [2.05, 4.69) is 10.3 Å². The molecule has 0 bridgehead atoms. The van der Waals surface area contributed by atoms with Crippen LogP contribution in [0.3, 0.4) is 0 Å². The van der Waals surface area contributed by atoms with Crippen LogP contribution in [0.4, 0.5) is 0 Å². The number of aromatic nitrogens is 1. The van der Waals surface area contributed by atoms with Gasteiger partial charge >= 0.3 is 0 Å². The fraction of sp³-hybridized carbons (Fsp3) is 0.385. The van der Waals surface area contributed by atoms with Crippen LogP contribution in [0, 0.1) is 0 Å². The van der Waals surface area contributed by atoms with Crippen molar-refractivity contribution in [2.24, 2.45) is 0 Å². The van der Waals surface area contributed by atoms with Crippen molar-refractivity contribution in [3.05, 3.63) is 41.4 Å². The molecule has 0 aliphatic carbocycles. The molecule has 0 unspecified atom stereocenters. The number of hydrogen-bond donors (Lipinski definition) is 3. The van der Waals surface area contributed by atoms with Crippen LogP contribution >= 0.6 is 0 Å². The number of nitrogens with one attached hydrogen (secondary N) is 1. The lowest BCUT2D eigenvalue weighted by Crippen LogP contribution is -2.29. The summed E-state index contributed by atoms with van der Waals surface area (Å²) in [5.41, 5.74) is 0.895. The number of hydrogen-bond acceptors (Lipinski definition) is 5. The van der Waals surface area contributed by atoms with Gasteiger partial charge in [-0.2, -0.15) is 0 Å². The summed E-state index contributed by atoms with van der Waals surface area (Å²) in [6.07, 6.45) is 1.62. The molecule has 1 atom stereocenters. The zero-order valence-corrected chi connectivity index (χ0v) is 10.6. The Morgan fingerprint density at radius 2 is 2.17 bits per heavy atom. The molecular formula is C13H18N2O3. The number of pyridine rings is 1. The van der Waals surface area contributed by atoms with E-state index in [0.717, 1.165) is 0 Å². The highest BCUT2D eigenvalue weighted by Crippen LogP contribution is 2.22. The van der Waals surface area contributed by atoms with Crippen LogP contribution in [-0.2, 0) is 4.79 Å². The van der Waals surface area contributed by atoms with Gasteiger partial charge in [0.25, 0.3) is 0 Å². The predicted molar refractivity (Wildman–Crippen MR) is 68.1 cm³/mol. The maximum atomic E-state index is 11.6. The van der Waals surface area contributed by atoms with Gasteiger partial charge in [0.2, 0.25) is 0 Å². The van der Waals surface area contributed by atoms with E-state index in [0.29, 0.717) is 12.2 Å². The third kappa shape index (κ3) is 3.65. The van der Waals surface area contributed by atoms with Crippen LogP contribution in [0.5, 0.6) is 0 Å². The molecule has 18 heavy (non-hydrogen) atoms. The highest BCUT2D eigenvalue weighted by atomic mass is 16.3. The minimum absolute atomic E-state index is 0.0383. The van der Waals surface area contributed by atoms with E-state index in [1.807, 2.05) is 0 Å². The Labute approximate surface area is 106 Å². The Kier molecular flexibility index (Phi) is 5.48. The van der Waals surface area contributed by atoms with Crippen molar-refractivity contribution in [1.29, 1.82) is 0 Å². The van der Waals surface area contributed by atoms with Crippen molar-refractivity contribution >= 4 is 5.78 Å². The first-order valence-corrected chi connectivity index (χ1v) is 5.73. The van der Waals surface area contributed by atoms with Gasteiger partial charge in [-0.1, -0.05) is 6.07 Å². The fourth-order valence-electron chi connectivity index (χ4n) is 1.78. The third-order valence-electron chi connectivity index (χ3n) is 2.50. The topological polar surface area (TPSA) is 82.5 Å². The lowest BCUT2D eigenvalue weighted by molar-refractivity contribution is -0.114. The molecule has 3 N–H and O–H groups in total. The molecule has 1 aromatic heterocycles.